The summed E-state index contributed by atoms with van der Waals surface area (Å²) in [6, 6.07) is 3.00. The Balaban J connectivity index is 1.46. The Morgan fingerprint density at radius 2 is 1.76 bits per heavy atom. The number of nitrogens with zero attached hydrogens (tertiary/aromatic N) is 3. The molecule has 0 bridgehead atoms. The second-order valence-corrected chi connectivity index (χ2v) is 12.5. The first-order valence-corrected chi connectivity index (χ1v) is 14.6. The summed E-state index contributed by atoms with van der Waals surface area (Å²) >= 11 is 0. The van der Waals surface area contributed by atoms with Crippen LogP contribution in [0.15, 0.2) is 35.1 Å². The van der Waals surface area contributed by atoms with Crippen molar-refractivity contribution in [2.24, 2.45) is 17.6 Å². The van der Waals surface area contributed by atoms with Crippen LogP contribution in [0.4, 0.5) is 0 Å². The number of ketones is 2. The number of benzene rings is 1. The molecule has 1 saturated heterocycles. The van der Waals surface area contributed by atoms with Crippen LogP contribution in [0, 0.1) is 22.7 Å². The number of fused-ring (bicyclic) bond motifs is 3. The van der Waals surface area contributed by atoms with Crippen molar-refractivity contribution in [1.29, 1.82) is 10.8 Å². The minimum atomic E-state index is -2.80. The SMILES string of the molecule is CN(C)C1C(=O)C(C(=O)NCN2CCN(C(=N)CC(=N)N)CC2)=C(O)C2(O)C(=O)C3=C(O)c4c(O)cccc4C(C)(O)C3CC12. The van der Waals surface area contributed by atoms with E-state index in [9.17, 15) is 39.9 Å². The lowest BCUT2D eigenvalue weighted by molar-refractivity contribution is -0.159. The highest BCUT2D eigenvalue weighted by Gasteiger charge is 2.66. The van der Waals surface area contributed by atoms with Gasteiger partial charge in [0.15, 0.2) is 11.4 Å². The number of likely N-dealkylation sites (N-methyl/N-ethyl adjacent to an activating group) is 1. The molecular formula is C30H39N7O8. The number of aliphatic hydroxyl groups excluding tert-OH is 2. The molecule has 4 aliphatic rings. The van der Waals surface area contributed by atoms with Crippen LogP contribution >= 0.6 is 0 Å². The molecule has 1 aromatic rings. The van der Waals surface area contributed by atoms with E-state index >= 15 is 0 Å². The monoisotopic (exact) mass is 625 g/mol. The largest absolute Gasteiger partial charge is 0.508 e. The molecule has 5 unspecified atom stereocenters. The molecule has 15 heteroatoms. The zero-order valence-electron chi connectivity index (χ0n) is 25.3. The van der Waals surface area contributed by atoms with Crippen molar-refractivity contribution in [1.82, 2.24) is 20.0 Å². The summed E-state index contributed by atoms with van der Waals surface area (Å²) in [5.74, 6) is -7.51. The second-order valence-electron chi connectivity index (χ2n) is 12.5. The molecular weight excluding hydrogens is 586 g/mol. The van der Waals surface area contributed by atoms with Crippen LogP contribution < -0.4 is 11.1 Å². The zero-order valence-corrected chi connectivity index (χ0v) is 25.3. The molecule has 45 heavy (non-hydrogen) atoms. The Bertz CT molecular complexity index is 1560. The van der Waals surface area contributed by atoms with Crippen molar-refractivity contribution < 1.29 is 39.9 Å². The van der Waals surface area contributed by atoms with Crippen LogP contribution in [0.5, 0.6) is 5.75 Å². The Labute approximate surface area is 259 Å². The van der Waals surface area contributed by atoms with Gasteiger partial charge in [0.1, 0.15) is 28.7 Å². The van der Waals surface area contributed by atoms with Gasteiger partial charge in [-0.2, -0.15) is 0 Å². The molecule has 2 fully saturated rings. The van der Waals surface area contributed by atoms with E-state index in [0.717, 1.165) is 0 Å². The van der Waals surface area contributed by atoms with E-state index in [1.54, 1.807) is 4.90 Å². The average molecular weight is 626 g/mol. The standard InChI is InChI=1S/C30H39N7O8/c1-29(44)14-5-4-6-17(38)20(14)24(39)21-15(29)11-16-23(35(2)3)25(40)22(27(42)30(16,45)26(21)41)28(43)34-13-36-7-9-37(10-8-36)19(33)12-18(31)32/h4-6,15-16,23,33,38-39,42,44-45H,7-13H2,1-3H3,(H3,31,32)(H,34,43). The van der Waals surface area contributed by atoms with Gasteiger partial charge < -0.3 is 41.5 Å². The fourth-order valence-electron chi connectivity index (χ4n) is 7.22. The smallest absolute Gasteiger partial charge is 0.259 e. The van der Waals surface area contributed by atoms with Gasteiger partial charge in [-0.05, 0) is 39.1 Å². The van der Waals surface area contributed by atoms with Crippen LogP contribution in [-0.2, 0) is 20.0 Å². The lowest BCUT2D eigenvalue weighted by Gasteiger charge is -2.53. The molecule has 3 aliphatic carbocycles. The number of amidine groups is 2. The Morgan fingerprint density at radius 3 is 2.36 bits per heavy atom. The van der Waals surface area contributed by atoms with Crippen molar-refractivity contribution in [2.75, 3.05) is 46.9 Å². The summed E-state index contributed by atoms with van der Waals surface area (Å²) in [6.07, 6.45) is -0.192. The molecule has 1 aliphatic heterocycles. The topological polar surface area (TPSA) is 248 Å². The summed E-state index contributed by atoms with van der Waals surface area (Å²) in [7, 11) is 3.06. The number of aromatic hydroxyl groups is 1. The highest BCUT2D eigenvalue weighted by molar-refractivity contribution is 6.25. The Morgan fingerprint density at radius 1 is 1.11 bits per heavy atom. The van der Waals surface area contributed by atoms with Crippen molar-refractivity contribution in [2.45, 2.75) is 37.0 Å². The number of carbonyl (C=O) groups is 3. The number of nitrogens with one attached hydrogen (secondary N) is 3. The van der Waals surface area contributed by atoms with E-state index in [0.29, 0.717) is 26.2 Å². The molecule has 15 nitrogen and oxygen atoms in total. The van der Waals surface area contributed by atoms with Gasteiger partial charge >= 0.3 is 0 Å². The maximum Gasteiger partial charge on any atom is 0.259 e. The first kappa shape index (κ1) is 32.1. The number of hydrogen-bond acceptors (Lipinski definition) is 12. The molecule has 10 N–H and O–H groups in total. The van der Waals surface area contributed by atoms with Crippen LogP contribution in [0.2, 0.25) is 0 Å². The van der Waals surface area contributed by atoms with Crippen LogP contribution in [0.25, 0.3) is 5.76 Å². The van der Waals surface area contributed by atoms with Gasteiger partial charge in [0.2, 0.25) is 5.78 Å². The number of hydrogen-bond donors (Lipinski definition) is 9. The van der Waals surface area contributed by atoms with Gasteiger partial charge in [-0.1, -0.05) is 12.1 Å². The first-order valence-electron chi connectivity index (χ1n) is 14.6. The maximum atomic E-state index is 14.2. The number of phenols is 1. The third kappa shape index (κ3) is 4.95. The molecule has 0 spiro atoms. The Kier molecular flexibility index (Phi) is 8.02. The number of rotatable bonds is 6. The van der Waals surface area contributed by atoms with E-state index in [4.69, 9.17) is 16.6 Å². The van der Waals surface area contributed by atoms with Gasteiger partial charge in [-0.15, -0.1) is 0 Å². The predicted molar refractivity (Wildman–Crippen MR) is 161 cm³/mol. The highest BCUT2D eigenvalue weighted by Crippen LogP contribution is 2.57. The number of piperazine rings is 1. The normalized spacial score (nSPS) is 30.2. The van der Waals surface area contributed by atoms with Crippen LogP contribution in [-0.4, -0.2) is 128 Å². The zero-order chi connectivity index (χ0) is 33.2. The van der Waals surface area contributed by atoms with Gasteiger partial charge in [0.25, 0.3) is 5.91 Å². The minimum Gasteiger partial charge on any atom is -0.508 e. The van der Waals surface area contributed by atoms with Gasteiger partial charge in [-0.3, -0.25) is 35.0 Å². The third-order valence-corrected chi connectivity index (χ3v) is 9.58. The minimum absolute atomic E-state index is 0.0303. The number of carbonyl (C=O) groups excluding carboxylic acids is 3. The third-order valence-electron chi connectivity index (χ3n) is 9.58. The molecule has 5 atom stereocenters. The second kappa shape index (κ2) is 11.2. The van der Waals surface area contributed by atoms with E-state index in [2.05, 4.69) is 5.32 Å². The quantitative estimate of drug-likeness (QED) is 0.106. The van der Waals surface area contributed by atoms with Gasteiger partial charge in [-0.25, -0.2) is 0 Å². The van der Waals surface area contributed by atoms with E-state index in [1.165, 1.54) is 44.1 Å². The molecule has 1 saturated carbocycles. The lowest BCUT2D eigenvalue weighted by atomic mass is 9.54. The molecule has 242 valence electrons. The Hall–Kier alpha value is -4.31. The van der Waals surface area contributed by atoms with Gasteiger partial charge in [0, 0.05) is 43.6 Å². The molecule has 1 aromatic carbocycles. The van der Waals surface area contributed by atoms with Crippen molar-refractivity contribution in [3.63, 3.8) is 0 Å². The molecule has 5 rings (SSSR count). The molecule has 0 radical (unpaired) electrons. The number of aliphatic hydroxyl groups is 4. The van der Waals surface area contributed by atoms with Crippen LogP contribution in [0.3, 0.4) is 0 Å². The number of nitrogens with two attached hydrogens (primary N) is 1. The number of phenolic OH excluding ortho intramolecular Hbond substituents is 1. The maximum absolute atomic E-state index is 14.2. The fraction of sp³-hybridized carbons (Fsp3) is 0.500. The van der Waals surface area contributed by atoms with Crippen molar-refractivity contribution >= 4 is 34.9 Å². The fourth-order valence-corrected chi connectivity index (χ4v) is 7.22. The number of amides is 1. The highest BCUT2D eigenvalue weighted by atomic mass is 16.3. The molecule has 0 aromatic heterocycles. The van der Waals surface area contributed by atoms with E-state index < -0.39 is 75.0 Å². The van der Waals surface area contributed by atoms with Gasteiger partial charge in [0.05, 0.1) is 36.1 Å². The summed E-state index contributed by atoms with van der Waals surface area (Å²) in [5, 5.41) is 74.9. The number of Topliss-reactive ketones (excluding diaryl/α,β-unsaturated/α-hetero) is 2. The van der Waals surface area contributed by atoms with E-state index in [1.807, 2.05) is 4.90 Å². The lowest BCUT2D eigenvalue weighted by Crippen LogP contribution is -2.67. The first-order chi connectivity index (χ1) is 21.0. The van der Waals surface area contributed by atoms with Crippen molar-refractivity contribution in [3.05, 3.63) is 46.2 Å². The summed E-state index contributed by atoms with van der Waals surface area (Å²) < 4.78 is 0. The molecule has 1 amide bonds. The summed E-state index contributed by atoms with van der Waals surface area (Å²) in [5.41, 5.74) is -0.436. The molecule has 1 heterocycles. The predicted octanol–water partition coefficient (Wildman–Crippen LogP) is -0.862. The average Bonchev–Trinajstić information content (AvgIpc) is 2.96. The summed E-state index contributed by atoms with van der Waals surface area (Å²) in [6.45, 7) is 3.13. The van der Waals surface area contributed by atoms with E-state index in [-0.39, 0.29) is 42.3 Å². The van der Waals surface area contributed by atoms with Crippen LogP contribution in [0.1, 0.15) is 30.9 Å². The summed E-state index contributed by atoms with van der Waals surface area (Å²) in [4.78, 5) is 46.5. The van der Waals surface area contributed by atoms with Crippen molar-refractivity contribution in [3.8, 4) is 5.75 Å².